The first-order valence-corrected chi connectivity index (χ1v) is 8.95. The maximum absolute atomic E-state index is 12.1. The maximum Gasteiger partial charge on any atom is 0.303 e. The van der Waals surface area contributed by atoms with Crippen molar-refractivity contribution in [1.29, 1.82) is 0 Å². The lowest BCUT2D eigenvalue weighted by Gasteiger charge is -2.15. The molecule has 0 aliphatic heterocycles. The molecule has 3 atom stereocenters. The molecule has 4 nitrogen and oxygen atoms in total. The fourth-order valence-corrected chi connectivity index (χ4v) is 2.99. The van der Waals surface area contributed by atoms with E-state index >= 15 is 0 Å². The molecule has 3 unspecified atom stereocenters. The van der Waals surface area contributed by atoms with Crippen molar-refractivity contribution >= 4 is 11.8 Å². The summed E-state index contributed by atoms with van der Waals surface area (Å²) in [5, 5.41) is 18.7. The van der Waals surface area contributed by atoms with Crippen LogP contribution in [0.3, 0.4) is 0 Å². The van der Waals surface area contributed by atoms with Crippen molar-refractivity contribution in [3.8, 4) is 0 Å². The lowest BCUT2D eigenvalue weighted by molar-refractivity contribution is -0.137. The molecule has 0 spiro atoms. The number of ketones is 1. The number of carbonyl (C=O) groups excluding carboxylic acids is 1. The van der Waals surface area contributed by atoms with Crippen molar-refractivity contribution in [3.05, 3.63) is 36.5 Å². The van der Waals surface area contributed by atoms with Gasteiger partial charge in [0.05, 0.1) is 6.10 Å². The molecule has 0 aromatic heterocycles. The van der Waals surface area contributed by atoms with Gasteiger partial charge in [0.25, 0.3) is 0 Å². The molecule has 0 aromatic rings. The highest BCUT2D eigenvalue weighted by atomic mass is 16.4. The van der Waals surface area contributed by atoms with Crippen LogP contribution in [-0.4, -0.2) is 28.1 Å². The predicted octanol–water partition coefficient (Wildman–Crippen LogP) is 4.06. The monoisotopic (exact) mass is 334 g/mol. The molecular formula is C20H30O4. The number of carboxylic acids is 1. The molecule has 4 heteroatoms. The van der Waals surface area contributed by atoms with E-state index in [1.165, 1.54) is 0 Å². The molecule has 0 amide bonds. The number of unbranched alkanes of at least 4 members (excludes halogenated alkanes) is 2. The first-order valence-electron chi connectivity index (χ1n) is 8.95. The summed E-state index contributed by atoms with van der Waals surface area (Å²) in [4.78, 5) is 22.5. The fraction of sp³-hybridized carbons (Fsp3) is 0.600. The molecule has 1 fully saturated rings. The minimum atomic E-state index is -0.781. The minimum Gasteiger partial charge on any atom is -0.481 e. The van der Waals surface area contributed by atoms with Crippen LogP contribution < -0.4 is 0 Å². The highest BCUT2D eigenvalue weighted by Crippen LogP contribution is 2.33. The van der Waals surface area contributed by atoms with Gasteiger partial charge in [-0.05, 0) is 38.5 Å². The van der Waals surface area contributed by atoms with Crippen LogP contribution in [-0.2, 0) is 9.59 Å². The average Bonchev–Trinajstić information content (AvgIpc) is 2.80. The highest BCUT2D eigenvalue weighted by Gasteiger charge is 2.38. The van der Waals surface area contributed by atoms with Crippen LogP contribution in [0.2, 0.25) is 0 Å². The van der Waals surface area contributed by atoms with Crippen LogP contribution in [0.15, 0.2) is 36.5 Å². The maximum atomic E-state index is 12.1. The quantitative estimate of drug-likeness (QED) is 0.441. The van der Waals surface area contributed by atoms with E-state index in [2.05, 4.69) is 25.2 Å². The van der Waals surface area contributed by atoms with Gasteiger partial charge < -0.3 is 10.2 Å². The third-order valence-electron chi connectivity index (χ3n) is 4.31. The number of Topliss-reactive ketones (excluding diaryl/α,β-unsaturated/α-hetero) is 1. The lowest BCUT2D eigenvalue weighted by atomic mass is 9.90. The summed E-state index contributed by atoms with van der Waals surface area (Å²) in [6, 6.07) is 0. The number of aliphatic hydroxyl groups excluding tert-OH is 1. The van der Waals surface area contributed by atoms with E-state index in [9.17, 15) is 14.7 Å². The number of aliphatic carboxylic acids is 1. The molecule has 24 heavy (non-hydrogen) atoms. The molecule has 1 aliphatic carbocycles. The SMILES string of the molecule is CC/C=C/CC/C=C/C1C(O)CC(=O)C1C/C=C/CCCC(=O)O. The Bertz CT molecular complexity index is 476. The van der Waals surface area contributed by atoms with Gasteiger partial charge in [0.2, 0.25) is 0 Å². The summed E-state index contributed by atoms with van der Waals surface area (Å²) < 4.78 is 0. The molecule has 0 bridgehead atoms. The number of aliphatic hydroxyl groups is 1. The van der Waals surface area contributed by atoms with Gasteiger partial charge in [-0.1, -0.05) is 43.4 Å². The van der Waals surface area contributed by atoms with E-state index in [0.29, 0.717) is 19.3 Å². The van der Waals surface area contributed by atoms with Crippen LogP contribution in [0.4, 0.5) is 0 Å². The van der Waals surface area contributed by atoms with Gasteiger partial charge >= 0.3 is 5.97 Å². The zero-order chi connectivity index (χ0) is 17.8. The van der Waals surface area contributed by atoms with Gasteiger partial charge in [-0.25, -0.2) is 0 Å². The first-order chi connectivity index (χ1) is 11.6. The molecule has 0 radical (unpaired) electrons. The number of hydrogen-bond acceptors (Lipinski definition) is 3. The van der Waals surface area contributed by atoms with Crippen molar-refractivity contribution in [3.63, 3.8) is 0 Å². The second-order valence-corrected chi connectivity index (χ2v) is 6.30. The second-order valence-electron chi connectivity index (χ2n) is 6.30. The zero-order valence-electron chi connectivity index (χ0n) is 14.6. The Labute approximate surface area is 145 Å². The number of carbonyl (C=O) groups is 2. The van der Waals surface area contributed by atoms with Gasteiger partial charge in [0, 0.05) is 24.7 Å². The number of hydrogen-bond donors (Lipinski definition) is 2. The largest absolute Gasteiger partial charge is 0.481 e. The zero-order valence-corrected chi connectivity index (χ0v) is 14.6. The van der Waals surface area contributed by atoms with Crippen molar-refractivity contribution < 1.29 is 19.8 Å². The molecule has 1 aliphatic rings. The molecule has 1 saturated carbocycles. The number of rotatable bonds is 11. The van der Waals surface area contributed by atoms with Crippen molar-refractivity contribution in [2.24, 2.45) is 11.8 Å². The van der Waals surface area contributed by atoms with E-state index in [1.54, 1.807) is 0 Å². The summed E-state index contributed by atoms with van der Waals surface area (Å²) in [5.74, 6) is -0.913. The summed E-state index contributed by atoms with van der Waals surface area (Å²) in [6.07, 6.45) is 17.0. The normalized spacial score (nSPS) is 24.8. The number of allylic oxidation sites excluding steroid dienone is 5. The summed E-state index contributed by atoms with van der Waals surface area (Å²) >= 11 is 0. The van der Waals surface area contributed by atoms with E-state index < -0.39 is 12.1 Å². The smallest absolute Gasteiger partial charge is 0.303 e. The molecule has 0 heterocycles. The molecule has 0 saturated heterocycles. The Kier molecular flexibility index (Phi) is 10.0. The van der Waals surface area contributed by atoms with E-state index in [0.717, 1.165) is 19.3 Å². The van der Waals surface area contributed by atoms with E-state index in [-0.39, 0.29) is 30.5 Å². The van der Waals surface area contributed by atoms with Gasteiger partial charge in [-0.3, -0.25) is 9.59 Å². The number of carboxylic acid groups (broad SMARTS) is 1. The van der Waals surface area contributed by atoms with E-state index in [4.69, 9.17) is 5.11 Å². The molecular weight excluding hydrogens is 304 g/mol. The lowest BCUT2D eigenvalue weighted by Crippen LogP contribution is -2.17. The second kappa shape index (κ2) is 11.8. The fourth-order valence-electron chi connectivity index (χ4n) is 2.99. The highest BCUT2D eigenvalue weighted by molar-refractivity contribution is 5.84. The standard InChI is InChI=1S/C20H30O4/c1-2-3-4-5-6-9-12-16-17(19(22)15-18(16)21)13-10-7-8-11-14-20(23)24/h3-4,7,9-10,12,16-18,21H,2,5-6,8,11,13-15H2,1H3,(H,23,24)/b4-3+,10-7+,12-9+. The van der Waals surface area contributed by atoms with Crippen LogP contribution in [0, 0.1) is 11.8 Å². The van der Waals surface area contributed by atoms with Gasteiger partial charge in [0.1, 0.15) is 5.78 Å². The Balaban J connectivity index is 2.43. The molecule has 1 rings (SSSR count). The van der Waals surface area contributed by atoms with E-state index in [1.807, 2.05) is 18.2 Å². The molecule has 0 aromatic carbocycles. The Hall–Kier alpha value is -1.68. The third kappa shape index (κ3) is 7.73. The van der Waals surface area contributed by atoms with Gasteiger partial charge in [-0.15, -0.1) is 0 Å². The molecule has 134 valence electrons. The Morgan fingerprint density at radius 2 is 1.83 bits per heavy atom. The summed E-state index contributed by atoms with van der Waals surface area (Å²) in [6.45, 7) is 2.10. The third-order valence-corrected chi connectivity index (χ3v) is 4.31. The summed E-state index contributed by atoms with van der Waals surface area (Å²) in [5.41, 5.74) is 0. The Morgan fingerprint density at radius 3 is 2.54 bits per heavy atom. The average molecular weight is 334 g/mol. The van der Waals surface area contributed by atoms with Crippen molar-refractivity contribution in [2.45, 2.75) is 64.4 Å². The first kappa shape index (κ1) is 20.4. The van der Waals surface area contributed by atoms with Crippen LogP contribution in [0.25, 0.3) is 0 Å². The van der Waals surface area contributed by atoms with Crippen LogP contribution >= 0.6 is 0 Å². The molecule has 2 N–H and O–H groups in total. The summed E-state index contributed by atoms with van der Waals surface area (Å²) in [7, 11) is 0. The minimum absolute atomic E-state index is 0.101. The van der Waals surface area contributed by atoms with Crippen LogP contribution in [0.1, 0.15) is 58.3 Å². The van der Waals surface area contributed by atoms with Crippen molar-refractivity contribution in [1.82, 2.24) is 0 Å². The van der Waals surface area contributed by atoms with Crippen molar-refractivity contribution in [2.75, 3.05) is 0 Å². The topological polar surface area (TPSA) is 74.6 Å². The van der Waals surface area contributed by atoms with Gasteiger partial charge in [-0.2, -0.15) is 0 Å². The Morgan fingerprint density at radius 1 is 1.12 bits per heavy atom. The van der Waals surface area contributed by atoms with Gasteiger partial charge in [0.15, 0.2) is 0 Å². The van der Waals surface area contributed by atoms with Crippen LogP contribution in [0.5, 0.6) is 0 Å². The predicted molar refractivity (Wildman–Crippen MR) is 95.7 cm³/mol.